The number of fused-ring (bicyclic) bond motifs is 1. The Morgan fingerprint density at radius 1 is 1.38 bits per heavy atom. The molecule has 0 saturated heterocycles. The first-order valence-corrected chi connectivity index (χ1v) is 8.15. The Labute approximate surface area is 141 Å². The maximum atomic E-state index is 12.8. The maximum Gasteiger partial charge on any atom is 0.244 e. The molecule has 3 rings (SSSR count). The second-order valence-corrected chi connectivity index (χ2v) is 6.42. The van der Waals surface area contributed by atoms with E-state index in [0.717, 1.165) is 12.8 Å². The van der Waals surface area contributed by atoms with Crippen molar-refractivity contribution in [2.24, 2.45) is 0 Å². The van der Waals surface area contributed by atoms with E-state index in [4.69, 9.17) is 0 Å². The fourth-order valence-corrected chi connectivity index (χ4v) is 2.71. The van der Waals surface area contributed by atoms with Crippen molar-refractivity contribution < 1.29 is 14.4 Å². The zero-order valence-corrected chi connectivity index (χ0v) is 13.9. The minimum atomic E-state index is -0.506. The highest BCUT2D eigenvalue weighted by molar-refractivity contribution is 6.11. The second-order valence-electron chi connectivity index (χ2n) is 6.42. The molecule has 2 N–H and O–H groups in total. The van der Waals surface area contributed by atoms with E-state index in [1.165, 1.54) is 4.90 Å². The fraction of sp³-hybridized carbons (Fsp3) is 0.471. The molecule has 1 aromatic rings. The summed E-state index contributed by atoms with van der Waals surface area (Å²) in [7, 11) is 1.74. The van der Waals surface area contributed by atoms with Crippen LogP contribution in [-0.2, 0) is 14.4 Å². The molecule has 1 heterocycles. The van der Waals surface area contributed by atoms with E-state index < -0.39 is 6.04 Å². The van der Waals surface area contributed by atoms with E-state index in [1.807, 2.05) is 12.1 Å². The number of rotatable bonds is 5. The zero-order valence-electron chi connectivity index (χ0n) is 13.9. The van der Waals surface area contributed by atoms with Crippen molar-refractivity contribution in [1.29, 1.82) is 0 Å². The largest absolute Gasteiger partial charge is 0.352 e. The summed E-state index contributed by atoms with van der Waals surface area (Å²) in [5, 5.41) is 5.67. The summed E-state index contributed by atoms with van der Waals surface area (Å²) in [6.07, 6.45) is 2.06. The van der Waals surface area contributed by atoms with Crippen LogP contribution in [-0.4, -0.2) is 54.8 Å². The second kappa shape index (κ2) is 6.60. The van der Waals surface area contributed by atoms with E-state index in [9.17, 15) is 14.4 Å². The van der Waals surface area contributed by atoms with Crippen molar-refractivity contribution in [1.82, 2.24) is 10.2 Å². The molecule has 0 spiro atoms. The van der Waals surface area contributed by atoms with Crippen LogP contribution in [0.3, 0.4) is 0 Å². The lowest BCUT2D eigenvalue weighted by Gasteiger charge is -2.33. The third-order valence-electron chi connectivity index (χ3n) is 4.39. The molecular formula is C17H22N4O3. The minimum Gasteiger partial charge on any atom is -0.352 e. The number of nitrogens with zero attached hydrogens (tertiary/aromatic N) is 2. The number of amides is 3. The molecule has 1 fully saturated rings. The lowest BCUT2D eigenvalue weighted by atomic mass is 10.1. The molecule has 1 aromatic carbocycles. The number of para-hydroxylation sites is 2. The van der Waals surface area contributed by atoms with Gasteiger partial charge in [-0.05, 0) is 38.9 Å². The van der Waals surface area contributed by atoms with Crippen LogP contribution in [0.25, 0.3) is 0 Å². The first kappa shape index (κ1) is 16.4. The molecule has 1 aliphatic carbocycles. The average Bonchev–Trinajstić information content (AvgIpc) is 3.36. The van der Waals surface area contributed by atoms with Crippen LogP contribution in [0.15, 0.2) is 24.3 Å². The highest BCUT2D eigenvalue weighted by Crippen LogP contribution is 2.29. The molecule has 1 atom stereocenters. The van der Waals surface area contributed by atoms with Crippen LogP contribution in [0.5, 0.6) is 0 Å². The summed E-state index contributed by atoms with van der Waals surface area (Å²) in [5.41, 5.74) is 1.31. The summed E-state index contributed by atoms with van der Waals surface area (Å²) >= 11 is 0. The van der Waals surface area contributed by atoms with Gasteiger partial charge < -0.3 is 10.6 Å². The van der Waals surface area contributed by atoms with Gasteiger partial charge in [-0.25, -0.2) is 0 Å². The predicted molar refractivity (Wildman–Crippen MR) is 90.7 cm³/mol. The van der Waals surface area contributed by atoms with Crippen LogP contribution in [0.1, 0.15) is 19.8 Å². The quantitative estimate of drug-likeness (QED) is 0.827. The van der Waals surface area contributed by atoms with Crippen molar-refractivity contribution in [2.45, 2.75) is 31.8 Å². The number of hydrogen-bond acceptors (Lipinski definition) is 4. The normalized spacial score (nSPS) is 18.0. The van der Waals surface area contributed by atoms with Gasteiger partial charge in [0.05, 0.1) is 24.0 Å². The molecule has 0 unspecified atom stereocenters. The smallest absolute Gasteiger partial charge is 0.244 e. The lowest BCUT2D eigenvalue weighted by Crippen LogP contribution is -2.52. The van der Waals surface area contributed by atoms with Gasteiger partial charge in [0.2, 0.25) is 17.7 Å². The number of nitrogens with one attached hydrogen (secondary N) is 2. The molecule has 0 radical (unpaired) electrons. The number of likely N-dealkylation sites (N-methyl/N-ethyl adjacent to an activating group) is 1. The molecule has 24 heavy (non-hydrogen) atoms. The van der Waals surface area contributed by atoms with Crippen LogP contribution >= 0.6 is 0 Å². The van der Waals surface area contributed by atoms with Gasteiger partial charge >= 0.3 is 0 Å². The Morgan fingerprint density at radius 2 is 2.08 bits per heavy atom. The Bertz CT molecular complexity index is 672. The van der Waals surface area contributed by atoms with Crippen molar-refractivity contribution in [2.75, 3.05) is 30.4 Å². The predicted octanol–water partition coefficient (Wildman–Crippen LogP) is 0.571. The van der Waals surface area contributed by atoms with E-state index in [0.29, 0.717) is 17.4 Å². The van der Waals surface area contributed by atoms with Crippen LogP contribution in [0, 0.1) is 0 Å². The van der Waals surface area contributed by atoms with E-state index in [-0.39, 0.29) is 30.8 Å². The third-order valence-corrected chi connectivity index (χ3v) is 4.39. The molecule has 3 amide bonds. The number of hydrogen-bond donors (Lipinski definition) is 2. The summed E-state index contributed by atoms with van der Waals surface area (Å²) in [4.78, 5) is 39.8. The van der Waals surface area contributed by atoms with Gasteiger partial charge in [0, 0.05) is 6.04 Å². The van der Waals surface area contributed by atoms with E-state index >= 15 is 0 Å². The molecular weight excluding hydrogens is 308 g/mol. The first-order valence-electron chi connectivity index (χ1n) is 8.15. The van der Waals surface area contributed by atoms with Crippen LogP contribution < -0.4 is 15.5 Å². The van der Waals surface area contributed by atoms with Crippen molar-refractivity contribution in [3.05, 3.63) is 24.3 Å². The van der Waals surface area contributed by atoms with Gasteiger partial charge in [-0.3, -0.25) is 24.2 Å². The molecule has 1 saturated carbocycles. The average molecular weight is 330 g/mol. The number of benzene rings is 1. The Hall–Kier alpha value is -2.41. The van der Waals surface area contributed by atoms with Gasteiger partial charge in [-0.15, -0.1) is 0 Å². The number of anilines is 2. The van der Waals surface area contributed by atoms with Gasteiger partial charge in [0.1, 0.15) is 6.54 Å². The topological polar surface area (TPSA) is 81.8 Å². The SMILES string of the molecule is C[C@@H](C(=O)N1CC(=O)Nc2ccccc21)N(C)CC(=O)NC1CC1. The highest BCUT2D eigenvalue weighted by atomic mass is 16.2. The molecule has 128 valence electrons. The summed E-state index contributed by atoms with van der Waals surface area (Å²) in [6.45, 7) is 1.90. The van der Waals surface area contributed by atoms with Gasteiger partial charge in [-0.2, -0.15) is 0 Å². The standard InChI is InChI=1S/C17H22N4O3/c1-11(20(2)9-15(22)18-12-7-8-12)17(24)21-10-16(23)19-13-5-3-4-6-14(13)21/h3-6,11-12H,7-10H2,1-2H3,(H,18,22)(H,19,23)/t11-/m0/s1. The zero-order chi connectivity index (χ0) is 17.3. The van der Waals surface area contributed by atoms with Crippen molar-refractivity contribution in [3.8, 4) is 0 Å². The molecule has 7 heteroatoms. The Kier molecular flexibility index (Phi) is 4.53. The minimum absolute atomic E-state index is 0.0116. The highest BCUT2D eigenvalue weighted by Gasteiger charge is 2.32. The lowest BCUT2D eigenvalue weighted by molar-refractivity contribution is -0.127. The third kappa shape index (κ3) is 3.56. The van der Waals surface area contributed by atoms with Gasteiger partial charge in [0.15, 0.2) is 0 Å². The van der Waals surface area contributed by atoms with Gasteiger partial charge in [0.25, 0.3) is 0 Å². The monoisotopic (exact) mass is 330 g/mol. The summed E-state index contributed by atoms with van der Waals surface area (Å²) < 4.78 is 0. The molecule has 0 aromatic heterocycles. The van der Waals surface area contributed by atoms with Crippen molar-refractivity contribution in [3.63, 3.8) is 0 Å². The summed E-state index contributed by atoms with van der Waals surface area (Å²) in [5.74, 6) is -0.487. The summed E-state index contributed by atoms with van der Waals surface area (Å²) in [6, 6.07) is 7.01. The molecule has 2 aliphatic rings. The first-order chi connectivity index (χ1) is 11.5. The molecule has 7 nitrogen and oxygen atoms in total. The van der Waals surface area contributed by atoms with Gasteiger partial charge in [-0.1, -0.05) is 12.1 Å². The van der Waals surface area contributed by atoms with E-state index in [2.05, 4.69) is 10.6 Å². The van der Waals surface area contributed by atoms with Crippen molar-refractivity contribution >= 4 is 29.1 Å². The molecule has 1 aliphatic heterocycles. The maximum absolute atomic E-state index is 12.8. The Balaban J connectivity index is 1.68. The Morgan fingerprint density at radius 3 is 2.79 bits per heavy atom. The van der Waals surface area contributed by atoms with Crippen LogP contribution in [0.2, 0.25) is 0 Å². The number of carbonyl (C=O) groups excluding carboxylic acids is 3. The van der Waals surface area contributed by atoms with Crippen LogP contribution in [0.4, 0.5) is 11.4 Å². The fourth-order valence-electron chi connectivity index (χ4n) is 2.71. The molecule has 0 bridgehead atoms. The van der Waals surface area contributed by atoms with E-state index in [1.54, 1.807) is 31.0 Å². The number of carbonyl (C=O) groups is 3.